The van der Waals surface area contributed by atoms with Gasteiger partial charge in [-0.2, -0.15) is 0 Å². The fourth-order valence-corrected chi connectivity index (χ4v) is 2.37. The number of hydrogen-bond acceptors (Lipinski definition) is 2. The van der Waals surface area contributed by atoms with Crippen LogP contribution in [0.25, 0.3) is 0 Å². The maximum atomic E-state index is 12.2. The molecule has 0 aliphatic rings. The van der Waals surface area contributed by atoms with Crippen LogP contribution in [0.2, 0.25) is 5.02 Å². The van der Waals surface area contributed by atoms with Crippen molar-refractivity contribution in [3.63, 3.8) is 0 Å². The second kappa shape index (κ2) is 6.87. The molecule has 0 bridgehead atoms. The van der Waals surface area contributed by atoms with E-state index in [4.69, 9.17) is 11.6 Å². The molecule has 0 saturated heterocycles. The van der Waals surface area contributed by atoms with Gasteiger partial charge in [-0.3, -0.25) is 9.59 Å². The zero-order valence-corrected chi connectivity index (χ0v) is 13.3. The molecular formula is C16H12BrClO3. The van der Waals surface area contributed by atoms with Gasteiger partial charge < -0.3 is 5.11 Å². The Morgan fingerprint density at radius 1 is 1.05 bits per heavy atom. The van der Waals surface area contributed by atoms with E-state index in [2.05, 4.69) is 15.9 Å². The van der Waals surface area contributed by atoms with E-state index in [1.54, 1.807) is 48.5 Å². The number of aliphatic carboxylic acids is 1. The Balaban J connectivity index is 2.20. The zero-order valence-electron chi connectivity index (χ0n) is 10.9. The number of halogens is 2. The number of benzene rings is 2. The molecule has 0 amide bonds. The molecule has 0 heterocycles. The van der Waals surface area contributed by atoms with Gasteiger partial charge in [-0.1, -0.05) is 51.8 Å². The van der Waals surface area contributed by atoms with Gasteiger partial charge in [0, 0.05) is 21.5 Å². The first-order valence-corrected chi connectivity index (χ1v) is 7.41. The van der Waals surface area contributed by atoms with Crippen LogP contribution in [0, 0.1) is 0 Å². The van der Waals surface area contributed by atoms with Gasteiger partial charge in [0.2, 0.25) is 0 Å². The lowest BCUT2D eigenvalue weighted by molar-refractivity contribution is -0.138. The maximum Gasteiger partial charge on any atom is 0.311 e. The molecule has 1 N–H and O–H groups in total. The van der Waals surface area contributed by atoms with Crippen molar-refractivity contribution in [3.8, 4) is 0 Å². The molecule has 1 atom stereocenters. The largest absolute Gasteiger partial charge is 0.481 e. The standard InChI is InChI=1S/C16H12BrClO3/c17-12-5-1-11(2-6-12)15(19)9-14(16(20)21)10-3-7-13(18)8-4-10/h1-8,14H,9H2,(H,20,21)/t14-/m1/s1. The summed E-state index contributed by atoms with van der Waals surface area (Å²) in [4.78, 5) is 23.6. The summed E-state index contributed by atoms with van der Waals surface area (Å²) in [5.74, 6) is -2.11. The highest BCUT2D eigenvalue weighted by atomic mass is 79.9. The Hall–Kier alpha value is -1.65. The Labute approximate surface area is 135 Å². The maximum absolute atomic E-state index is 12.2. The molecule has 0 spiro atoms. The number of ketones is 1. The van der Waals surface area contributed by atoms with Crippen molar-refractivity contribution in [3.05, 3.63) is 69.2 Å². The average molecular weight is 368 g/mol. The van der Waals surface area contributed by atoms with Gasteiger partial charge in [0.1, 0.15) is 0 Å². The van der Waals surface area contributed by atoms with Crippen molar-refractivity contribution in [2.45, 2.75) is 12.3 Å². The number of rotatable bonds is 5. The number of carboxylic acid groups (broad SMARTS) is 1. The topological polar surface area (TPSA) is 54.4 Å². The molecule has 108 valence electrons. The second-order valence-electron chi connectivity index (χ2n) is 4.58. The van der Waals surface area contributed by atoms with Crippen molar-refractivity contribution < 1.29 is 14.7 Å². The number of hydrogen-bond donors (Lipinski definition) is 1. The highest BCUT2D eigenvalue weighted by Crippen LogP contribution is 2.24. The Morgan fingerprint density at radius 3 is 2.14 bits per heavy atom. The third-order valence-electron chi connectivity index (χ3n) is 3.13. The van der Waals surface area contributed by atoms with Crippen LogP contribution >= 0.6 is 27.5 Å². The van der Waals surface area contributed by atoms with Crippen molar-refractivity contribution in [2.75, 3.05) is 0 Å². The summed E-state index contributed by atoms with van der Waals surface area (Å²) in [6.45, 7) is 0. The summed E-state index contributed by atoms with van der Waals surface area (Å²) in [6, 6.07) is 13.4. The fourth-order valence-electron chi connectivity index (χ4n) is 1.98. The molecule has 5 heteroatoms. The molecule has 21 heavy (non-hydrogen) atoms. The summed E-state index contributed by atoms with van der Waals surface area (Å²) in [7, 11) is 0. The van der Waals surface area contributed by atoms with E-state index in [0.717, 1.165) is 4.47 Å². The Kier molecular flexibility index (Phi) is 5.15. The van der Waals surface area contributed by atoms with Crippen LogP contribution in [0.1, 0.15) is 28.3 Å². The molecule has 2 rings (SSSR count). The van der Waals surface area contributed by atoms with Crippen molar-refractivity contribution in [1.29, 1.82) is 0 Å². The molecule has 2 aromatic rings. The molecule has 0 saturated carbocycles. The van der Waals surface area contributed by atoms with Crippen molar-refractivity contribution in [1.82, 2.24) is 0 Å². The molecule has 0 aromatic heterocycles. The molecule has 0 unspecified atom stereocenters. The van der Waals surface area contributed by atoms with Gasteiger partial charge in [-0.25, -0.2) is 0 Å². The quantitative estimate of drug-likeness (QED) is 0.789. The lowest BCUT2D eigenvalue weighted by Gasteiger charge is -2.12. The molecular weight excluding hydrogens is 356 g/mol. The molecule has 0 radical (unpaired) electrons. The average Bonchev–Trinajstić information content (AvgIpc) is 2.46. The van der Waals surface area contributed by atoms with Crippen LogP contribution in [-0.4, -0.2) is 16.9 Å². The fraction of sp³-hybridized carbons (Fsp3) is 0.125. The van der Waals surface area contributed by atoms with Gasteiger partial charge >= 0.3 is 5.97 Å². The minimum absolute atomic E-state index is 0.0847. The lowest BCUT2D eigenvalue weighted by Crippen LogP contribution is -2.16. The first-order valence-electron chi connectivity index (χ1n) is 6.24. The van der Waals surface area contributed by atoms with E-state index in [9.17, 15) is 14.7 Å². The van der Waals surface area contributed by atoms with Crippen LogP contribution < -0.4 is 0 Å². The third kappa shape index (κ3) is 4.16. The minimum Gasteiger partial charge on any atom is -0.481 e. The van der Waals surface area contributed by atoms with Crippen LogP contribution in [0.5, 0.6) is 0 Å². The smallest absolute Gasteiger partial charge is 0.311 e. The van der Waals surface area contributed by atoms with Crippen LogP contribution in [-0.2, 0) is 4.79 Å². The Bertz CT molecular complexity index is 650. The van der Waals surface area contributed by atoms with E-state index >= 15 is 0 Å². The zero-order chi connectivity index (χ0) is 15.4. The third-order valence-corrected chi connectivity index (χ3v) is 3.91. The first kappa shape index (κ1) is 15.7. The van der Waals surface area contributed by atoms with Crippen LogP contribution in [0.4, 0.5) is 0 Å². The summed E-state index contributed by atoms with van der Waals surface area (Å²) < 4.78 is 0.867. The van der Waals surface area contributed by atoms with Gasteiger partial charge in [0.25, 0.3) is 0 Å². The predicted molar refractivity (Wildman–Crippen MR) is 84.9 cm³/mol. The lowest BCUT2D eigenvalue weighted by atomic mass is 9.92. The summed E-state index contributed by atoms with van der Waals surface area (Å²) >= 11 is 9.09. The molecule has 0 aliphatic heterocycles. The Morgan fingerprint density at radius 2 is 1.62 bits per heavy atom. The van der Waals surface area contributed by atoms with E-state index in [-0.39, 0.29) is 12.2 Å². The van der Waals surface area contributed by atoms with Crippen molar-refractivity contribution >= 4 is 39.3 Å². The highest BCUT2D eigenvalue weighted by molar-refractivity contribution is 9.10. The minimum atomic E-state index is -1.03. The second-order valence-corrected chi connectivity index (χ2v) is 5.93. The number of carbonyl (C=O) groups excluding carboxylic acids is 1. The number of carboxylic acids is 1. The monoisotopic (exact) mass is 366 g/mol. The normalized spacial score (nSPS) is 11.9. The van der Waals surface area contributed by atoms with E-state index in [1.807, 2.05) is 0 Å². The van der Waals surface area contributed by atoms with Gasteiger partial charge in [-0.15, -0.1) is 0 Å². The van der Waals surface area contributed by atoms with Gasteiger partial charge in [0.05, 0.1) is 5.92 Å². The molecule has 3 nitrogen and oxygen atoms in total. The molecule has 2 aromatic carbocycles. The number of carbonyl (C=O) groups is 2. The SMILES string of the molecule is O=C(C[C@@H](C(=O)O)c1ccc(Cl)cc1)c1ccc(Br)cc1. The predicted octanol–water partition coefficient (Wildman–Crippen LogP) is 4.54. The summed E-state index contributed by atoms with van der Waals surface area (Å²) in [5.41, 5.74) is 1.07. The van der Waals surface area contributed by atoms with Gasteiger partial charge in [-0.05, 0) is 29.8 Å². The summed E-state index contributed by atoms with van der Waals surface area (Å²) in [5, 5.41) is 9.87. The van der Waals surface area contributed by atoms with Crippen molar-refractivity contribution in [2.24, 2.45) is 0 Å². The summed E-state index contributed by atoms with van der Waals surface area (Å²) in [6.07, 6.45) is -0.0847. The number of Topliss-reactive ketones (excluding diaryl/α,β-unsaturated/α-hetero) is 1. The van der Waals surface area contributed by atoms with Crippen LogP contribution in [0.3, 0.4) is 0 Å². The van der Waals surface area contributed by atoms with Gasteiger partial charge in [0.15, 0.2) is 5.78 Å². The van der Waals surface area contributed by atoms with E-state index in [1.165, 1.54) is 0 Å². The first-order chi connectivity index (χ1) is 9.97. The molecule has 0 aliphatic carbocycles. The highest BCUT2D eigenvalue weighted by Gasteiger charge is 2.23. The molecule has 0 fully saturated rings. The van der Waals surface area contributed by atoms with Crippen LogP contribution in [0.15, 0.2) is 53.0 Å². The van der Waals surface area contributed by atoms with E-state index in [0.29, 0.717) is 16.1 Å². The van der Waals surface area contributed by atoms with E-state index < -0.39 is 11.9 Å².